The predicted octanol–water partition coefficient (Wildman–Crippen LogP) is 2.92. The summed E-state index contributed by atoms with van der Waals surface area (Å²) >= 11 is 3.25. The van der Waals surface area contributed by atoms with Crippen molar-refractivity contribution >= 4 is 15.9 Å². The van der Waals surface area contributed by atoms with E-state index in [1.165, 1.54) is 7.11 Å². The van der Waals surface area contributed by atoms with Gasteiger partial charge in [0.2, 0.25) is 0 Å². The molecular formula is C14H18BrF3N2O. The Kier molecular flexibility index (Phi) is 5.51. The van der Waals surface area contributed by atoms with Crippen molar-refractivity contribution in [3.8, 4) is 5.75 Å². The van der Waals surface area contributed by atoms with Gasteiger partial charge in [-0.1, -0.05) is 15.9 Å². The van der Waals surface area contributed by atoms with Gasteiger partial charge in [-0.3, -0.25) is 0 Å². The van der Waals surface area contributed by atoms with Gasteiger partial charge in [-0.25, -0.2) is 0 Å². The highest BCUT2D eigenvalue weighted by atomic mass is 79.9. The van der Waals surface area contributed by atoms with E-state index in [1.54, 1.807) is 0 Å². The Labute approximate surface area is 130 Å². The molecule has 0 spiro atoms. The normalized spacial score (nSPS) is 17.0. The summed E-state index contributed by atoms with van der Waals surface area (Å²) in [5.41, 5.74) is 0.0844. The highest BCUT2D eigenvalue weighted by Crippen LogP contribution is 2.37. The number of nitrogens with one attached hydrogen (secondary N) is 1. The maximum absolute atomic E-state index is 12.8. The summed E-state index contributed by atoms with van der Waals surface area (Å²) in [4.78, 5) is 2.29. The van der Waals surface area contributed by atoms with Gasteiger partial charge in [-0.05, 0) is 18.6 Å². The van der Waals surface area contributed by atoms with Crippen LogP contribution in [0.5, 0.6) is 5.75 Å². The number of ether oxygens (including phenoxy) is 1. The topological polar surface area (TPSA) is 24.5 Å². The molecule has 3 nitrogen and oxygen atoms in total. The number of rotatable bonds is 4. The lowest BCUT2D eigenvalue weighted by Crippen LogP contribution is -2.44. The molecule has 21 heavy (non-hydrogen) atoms. The number of methoxy groups -OCH3 is 1. The van der Waals surface area contributed by atoms with Crippen molar-refractivity contribution in [3.63, 3.8) is 0 Å². The van der Waals surface area contributed by atoms with E-state index in [2.05, 4.69) is 26.1 Å². The number of hydrogen-bond acceptors (Lipinski definition) is 3. The fraction of sp³-hybridized carbons (Fsp3) is 0.571. The first-order valence-electron chi connectivity index (χ1n) is 6.78. The van der Waals surface area contributed by atoms with Crippen LogP contribution in [0.4, 0.5) is 13.2 Å². The van der Waals surface area contributed by atoms with Crippen LogP contribution < -0.4 is 10.1 Å². The van der Waals surface area contributed by atoms with E-state index >= 15 is 0 Å². The van der Waals surface area contributed by atoms with Gasteiger partial charge < -0.3 is 15.0 Å². The van der Waals surface area contributed by atoms with Crippen LogP contribution in [-0.2, 0) is 12.6 Å². The Bertz CT molecular complexity index is 488. The fourth-order valence-corrected chi connectivity index (χ4v) is 3.04. The molecule has 1 aromatic rings. The highest BCUT2D eigenvalue weighted by molar-refractivity contribution is 9.10. The summed E-state index contributed by atoms with van der Waals surface area (Å²) in [6.07, 6.45) is -3.71. The van der Waals surface area contributed by atoms with Crippen LogP contribution in [0.3, 0.4) is 0 Å². The second-order valence-electron chi connectivity index (χ2n) is 4.98. The van der Waals surface area contributed by atoms with Crippen molar-refractivity contribution in [3.05, 3.63) is 27.7 Å². The van der Waals surface area contributed by atoms with Gasteiger partial charge >= 0.3 is 6.18 Å². The average molecular weight is 367 g/mol. The third kappa shape index (κ3) is 4.34. The highest BCUT2D eigenvalue weighted by Gasteiger charge is 2.32. The third-order valence-electron chi connectivity index (χ3n) is 3.59. The van der Waals surface area contributed by atoms with Crippen molar-refractivity contribution in [1.82, 2.24) is 10.2 Å². The molecule has 0 atom stereocenters. The van der Waals surface area contributed by atoms with Gasteiger partial charge in [0.1, 0.15) is 5.75 Å². The molecule has 1 aliphatic heterocycles. The number of piperazine rings is 1. The molecule has 0 saturated carbocycles. The monoisotopic (exact) mass is 366 g/mol. The number of alkyl halides is 3. The molecule has 0 bridgehead atoms. The molecule has 2 rings (SSSR count). The summed E-state index contributed by atoms with van der Waals surface area (Å²) in [7, 11) is 1.40. The minimum atomic E-state index is -4.37. The maximum atomic E-state index is 12.8. The average Bonchev–Trinajstić information content (AvgIpc) is 2.45. The lowest BCUT2D eigenvalue weighted by Gasteiger charge is -2.27. The summed E-state index contributed by atoms with van der Waals surface area (Å²) in [5.74, 6) is 0.284. The van der Waals surface area contributed by atoms with E-state index in [1.807, 2.05) is 0 Å². The second-order valence-corrected chi connectivity index (χ2v) is 5.83. The first kappa shape index (κ1) is 16.6. The molecule has 0 radical (unpaired) electrons. The molecule has 118 valence electrons. The Morgan fingerprint density at radius 1 is 1.29 bits per heavy atom. The molecule has 0 aliphatic carbocycles. The zero-order valence-corrected chi connectivity index (χ0v) is 13.4. The van der Waals surface area contributed by atoms with E-state index in [0.29, 0.717) is 10.9 Å². The first-order valence-corrected chi connectivity index (χ1v) is 7.58. The smallest absolute Gasteiger partial charge is 0.416 e. The minimum Gasteiger partial charge on any atom is -0.496 e. The number of nitrogens with zero attached hydrogens (tertiary/aromatic N) is 1. The molecule has 1 fully saturated rings. The lowest BCUT2D eigenvalue weighted by atomic mass is 10.1. The molecule has 1 aliphatic rings. The van der Waals surface area contributed by atoms with Gasteiger partial charge in [-0.2, -0.15) is 13.2 Å². The largest absolute Gasteiger partial charge is 0.496 e. The van der Waals surface area contributed by atoms with Gasteiger partial charge in [0.05, 0.1) is 12.7 Å². The van der Waals surface area contributed by atoms with Gasteiger partial charge in [-0.15, -0.1) is 0 Å². The van der Waals surface area contributed by atoms with E-state index in [-0.39, 0.29) is 5.75 Å². The molecule has 1 N–H and O–H groups in total. The van der Waals surface area contributed by atoms with Crippen LogP contribution in [0.15, 0.2) is 16.6 Å². The van der Waals surface area contributed by atoms with E-state index in [0.717, 1.165) is 50.4 Å². The standard InChI is InChI=1S/C14H18BrF3N2O/c1-21-13-9-10(14(16,17)18)8-12(15)11(13)2-5-20-6-3-19-4-7-20/h8-9,19H,2-7H2,1H3. The van der Waals surface area contributed by atoms with Crippen LogP contribution in [-0.4, -0.2) is 44.7 Å². The van der Waals surface area contributed by atoms with Crippen molar-refractivity contribution in [1.29, 1.82) is 0 Å². The third-order valence-corrected chi connectivity index (χ3v) is 4.30. The molecule has 1 heterocycles. The molecule has 1 saturated heterocycles. The molecule has 0 amide bonds. The molecule has 0 aromatic heterocycles. The Balaban J connectivity index is 2.14. The molecule has 1 aromatic carbocycles. The van der Waals surface area contributed by atoms with Crippen molar-refractivity contribution in [2.45, 2.75) is 12.6 Å². The number of hydrogen-bond donors (Lipinski definition) is 1. The Morgan fingerprint density at radius 2 is 1.95 bits per heavy atom. The minimum absolute atomic E-state index is 0.284. The van der Waals surface area contributed by atoms with E-state index in [9.17, 15) is 13.2 Å². The summed E-state index contributed by atoms with van der Waals surface area (Å²) < 4.78 is 44.0. The van der Waals surface area contributed by atoms with Crippen LogP contribution in [0.1, 0.15) is 11.1 Å². The SMILES string of the molecule is COc1cc(C(F)(F)F)cc(Br)c1CCN1CCNCC1. The van der Waals surface area contributed by atoms with Gasteiger partial charge in [0.25, 0.3) is 0 Å². The second kappa shape index (κ2) is 6.98. The number of benzene rings is 1. The zero-order chi connectivity index (χ0) is 15.5. The quantitative estimate of drug-likeness (QED) is 0.886. The summed E-state index contributed by atoms with van der Waals surface area (Å²) in [6, 6.07) is 2.19. The molecule has 0 unspecified atom stereocenters. The van der Waals surface area contributed by atoms with Crippen LogP contribution in [0.25, 0.3) is 0 Å². The van der Waals surface area contributed by atoms with E-state index < -0.39 is 11.7 Å². The Morgan fingerprint density at radius 3 is 2.52 bits per heavy atom. The lowest BCUT2D eigenvalue weighted by molar-refractivity contribution is -0.137. The number of halogens is 4. The van der Waals surface area contributed by atoms with Crippen molar-refractivity contribution in [2.75, 3.05) is 39.8 Å². The van der Waals surface area contributed by atoms with Crippen LogP contribution >= 0.6 is 15.9 Å². The summed E-state index contributed by atoms with van der Waals surface area (Å²) in [5, 5.41) is 3.27. The zero-order valence-electron chi connectivity index (χ0n) is 11.8. The molecular weight excluding hydrogens is 349 g/mol. The van der Waals surface area contributed by atoms with Gasteiger partial charge in [0, 0.05) is 42.8 Å². The van der Waals surface area contributed by atoms with Crippen molar-refractivity contribution in [2.24, 2.45) is 0 Å². The molecule has 7 heteroatoms. The first-order chi connectivity index (χ1) is 9.91. The van der Waals surface area contributed by atoms with E-state index in [4.69, 9.17) is 4.74 Å². The summed E-state index contributed by atoms with van der Waals surface area (Å²) in [6.45, 7) is 4.62. The van der Waals surface area contributed by atoms with Gasteiger partial charge in [0.15, 0.2) is 0 Å². The van der Waals surface area contributed by atoms with Crippen molar-refractivity contribution < 1.29 is 17.9 Å². The Hall–Kier alpha value is -0.790. The maximum Gasteiger partial charge on any atom is 0.416 e. The fourth-order valence-electron chi connectivity index (χ4n) is 2.40. The predicted molar refractivity (Wildman–Crippen MR) is 78.7 cm³/mol. The van der Waals surface area contributed by atoms with Crippen LogP contribution in [0, 0.1) is 0 Å². The van der Waals surface area contributed by atoms with Crippen LogP contribution in [0.2, 0.25) is 0 Å².